The molecule has 0 radical (unpaired) electrons. The van der Waals surface area contributed by atoms with Gasteiger partial charge in [-0.1, -0.05) is 6.92 Å². The van der Waals surface area contributed by atoms with Crippen molar-refractivity contribution in [2.45, 2.75) is 32.7 Å². The van der Waals surface area contributed by atoms with E-state index in [1.54, 1.807) is 0 Å². The first-order valence-electron chi connectivity index (χ1n) is 6.25. The minimum atomic E-state index is -0.0306. The van der Waals surface area contributed by atoms with Gasteiger partial charge in [-0.05, 0) is 27.9 Å². The van der Waals surface area contributed by atoms with Crippen molar-refractivity contribution in [3.63, 3.8) is 0 Å². The molecule has 1 rings (SSSR count). The minimum absolute atomic E-state index is 0.0306. The Morgan fingerprint density at radius 1 is 1.33 bits per heavy atom. The number of anilines is 1. The molecule has 1 heterocycles. The van der Waals surface area contributed by atoms with Crippen LogP contribution in [-0.2, 0) is 6.42 Å². The zero-order valence-electron chi connectivity index (χ0n) is 12.2. The van der Waals surface area contributed by atoms with Crippen molar-refractivity contribution in [2.75, 3.05) is 33.1 Å². The summed E-state index contributed by atoms with van der Waals surface area (Å²) in [5.74, 6) is 2.21. The zero-order valence-corrected chi connectivity index (χ0v) is 12.2. The molecule has 0 atom stereocenters. The Labute approximate surface area is 110 Å². The van der Waals surface area contributed by atoms with E-state index in [1.165, 1.54) is 0 Å². The summed E-state index contributed by atoms with van der Waals surface area (Å²) in [4.78, 5) is 10.8. The highest BCUT2D eigenvalue weighted by molar-refractivity contribution is 5.37. The van der Waals surface area contributed by atoms with E-state index >= 15 is 0 Å². The number of aryl methyl sites for hydroxylation is 1. The fourth-order valence-corrected chi connectivity index (χ4v) is 1.21. The van der Waals surface area contributed by atoms with E-state index in [-0.39, 0.29) is 5.54 Å². The SMILES string of the molecule is CCc1nc(NC)cc(OCC(C)(C)N(C)C)n1. The maximum Gasteiger partial charge on any atom is 0.218 e. The molecule has 0 spiro atoms. The monoisotopic (exact) mass is 252 g/mol. The normalized spacial score (nSPS) is 11.7. The van der Waals surface area contributed by atoms with Crippen molar-refractivity contribution in [1.82, 2.24) is 14.9 Å². The van der Waals surface area contributed by atoms with Gasteiger partial charge in [0.15, 0.2) is 0 Å². The quantitative estimate of drug-likeness (QED) is 0.836. The first-order chi connectivity index (χ1) is 8.39. The Bertz CT molecular complexity index is 368. The number of aromatic nitrogens is 2. The molecule has 0 aliphatic heterocycles. The van der Waals surface area contributed by atoms with Crippen LogP contribution in [0.4, 0.5) is 5.82 Å². The van der Waals surface area contributed by atoms with Crippen LogP contribution < -0.4 is 10.1 Å². The first-order valence-corrected chi connectivity index (χ1v) is 6.25. The highest BCUT2D eigenvalue weighted by Crippen LogP contribution is 2.17. The second kappa shape index (κ2) is 6.00. The lowest BCUT2D eigenvalue weighted by Gasteiger charge is -2.31. The predicted molar refractivity (Wildman–Crippen MR) is 74.2 cm³/mol. The van der Waals surface area contributed by atoms with Crippen molar-refractivity contribution in [1.29, 1.82) is 0 Å². The molecule has 0 aliphatic carbocycles. The third-order valence-electron chi connectivity index (χ3n) is 3.11. The number of hydrogen-bond acceptors (Lipinski definition) is 5. The van der Waals surface area contributed by atoms with Gasteiger partial charge in [-0.2, -0.15) is 4.98 Å². The van der Waals surface area contributed by atoms with Gasteiger partial charge < -0.3 is 15.0 Å². The molecule has 102 valence electrons. The number of nitrogens with one attached hydrogen (secondary N) is 1. The van der Waals surface area contributed by atoms with Crippen LogP contribution in [0.25, 0.3) is 0 Å². The zero-order chi connectivity index (χ0) is 13.8. The van der Waals surface area contributed by atoms with Gasteiger partial charge in [0.2, 0.25) is 5.88 Å². The smallest absolute Gasteiger partial charge is 0.218 e. The Morgan fingerprint density at radius 2 is 2.00 bits per heavy atom. The second-order valence-electron chi connectivity index (χ2n) is 5.11. The van der Waals surface area contributed by atoms with E-state index in [9.17, 15) is 0 Å². The summed E-state index contributed by atoms with van der Waals surface area (Å²) in [5.41, 5.74) is -0.0306. The van der Waals surface area contributed by atoms with Crippen LogP contribution in [0, 0.1) is 0 Å². The van der Waals surface area contributed by atoms with Gasteiger partial charge in [0.25, 0.3) is 0 Å². The first kappa shape index (κ1) is 14.7. The molecule has 5 nitrogen and oxygen atoms in total. The summed E-state index contributed by atoms with van der Waals surface area (Å²) in [6, 6.07) is 1.82. The van der Waals surface area contributed by atoms with E-state index in [2.05, 4.69) is 34.0 Å². The third kappa shape index (κ3) is 3.84. The van der Waals surface area contributed by atoms with Crippen molar-refractivity contribution in [2.24, 2.45) is 0 Å². The standard InChI is InChI=1S/C13H24N4O/c1-7-10-15-11(14-4)8-12(16-10)18-9-13(2,3)17(5)6/h8H,7,9H2,1-6H3,(H,14,15,16). The highest BCUT2D eigenvalue weighted by atomic mass is 16.5. The Hall–Kier alpha value is -1.36. The number of ether oxygens (including phenoxy) is 1. The predicted octanol–water partition coefficient (Wildman–Crippen LogP) is 1.80. The summed E-state index contributed by atoms with van der Waals surface area (Å²) < 4.78 is 5.78. The number of likely N-dealkylation sites (N-methyl/N-ethyl adjacent to an activating group) is 1. The van der Waals surface area contributed by atoms with Gasteiger partial charge in [-0.3, -0.25) is 0 Å². The van der Waals surface area contributed by atoms with Gasteiger partial charge in [-0.15, -0.1) is 0 Å². The molecule has 1 aromatic rings. The highest BCUT2D eigenvalue weighted by Gasteiger charge is 2.21. The fourth-order valence-electron chi connectivity index (χ4n) is 1.21. The van der Waals surface area contributed by atoms with E-state index in [4.69, 9.17) is 4.74 Å². The molecule has 0 bridgehead atoms. The van der Waals surface area contributed by atoms with E-state index in [0.29, 0.717) is 12.5 Å². The van der Waals surface area contributed by atoms with E-state index in [0.717, 1.165) is 18.1 Å². The molecule has 0 unspecified atom stereocenters. The van der Waals surface area contributed by atoms with Crippen LogP contribution in [0.15, 0.2) is 6.07 Å². The van der Waals surface area contributed by atoms with Crippen LogP contribution in [0.2, 0.25) is 0 Å². The van der Waals surface area contributed by atoms with Crippen LogP contribution in [0.3, 0.4) is 0 Å². The molecule has 1 N–H and O–H groups in total. The molecule has 5 heteroatoms. The molecule has 0 aliphatic rings. The maximum atomic E-state index is 5.78. The largest absolute Gasteiger partial charge is 0.476 e. The van der Waals surface area contributed by atoms with Crippen molar-refractivity contribution in [3.05, 3.63) is 11.9 Å². The summed E-state index contributed by atoms with van der Waals surface area (Å²) in [6.07, 6.45) is 0.795. The molecule has 1 aromatic heterocycles. The molecule has 0 aromatic carbocycles. The minimum Gasteiger partial charge on any atom is -0.476 e. The lowest BCUT2D eigenvalue weighted by Crippen LogP contribution is -2.43. The van der Waals surface area contributed by atoms with Gasteiger partial charge in [0.05, 0.1) is 0 Å². The van der Waals surface area contributed by atoms with Crippen molar-refractivity contribution in [3.8, 4) is 5.88 Å². The number of nitrogens with zero attached hydrogens (tertiary/aromatic N) is 3. The van der Waals surface area contributed by atoms with Crippen LogP contribution in [0.5, 0.6) is 5.88 Å². The average molecular weight is 252 g/mol. The summed E-state index contributed by atoms with van der Waals surface area (Å²) in [6.45, 7) is 6.88. The molecule has 0 saturated heterocycles. The summed E-state index contributed by atoms with van der Waals surface area (Å²) in [7, 11) is 5.93. The van der Waals surface area contributed by atoms with Gasteiger partial charge in [0, 0.05) is 25.1 Å². The molecule has 0 saturated carbocycles. The van der Waals surface area contributed by atoms with Crippen LogP contribution in [0.1, 0.15) is 26.6 Å². The van der Waals surface area contributed by atoms with E-state index in [1.807, 2.05) is 34.1 Å². The maximum absolute atomic E-state index is 5.78. The number of hydrogen-bond donors (Lipinski definition) is 1. The number of rotatable bonds is 6. The van der Waals surface area contributed by atoms with E-state index < -0.39 is 0 Å². The molecular formula is C13H24N4O. The topological polar surface area (TPSA) is 50.3 Å². The van der Waals surface area contributed by atoms with Gasteiger partial charge in [-0.25, -0.2) is 4.98 Å². The third-order valence-corrected chi connectivity index (χ3v) is 3.11. The lowest BCUT2D eigenvalue weighted by molar-refractivity contribution is 0.111. The Morgan fingerprint density at radius 3 is 2.50 bits per heavy atom. The van der Waals surface area contributed by atoms with Gasteiger partial charge >= 0.3 is 0 Å². The average Bonchev–Trinajstić information content (AvgIpc) is 2.35. The van der Waals surface area contributed by atoms with Crippen molar-refractivity contribution >= 4 is 5.82 Å². The van der Waals surface area contributed by atoms with Crippen LogP contribution in [-0.4, -0.2) is 48.2 Å². The van der Waals surface area contributed by atoms with Gasteiger partial charge in [0.1, 0.15) is 18.2 Å². The molecule has 0 fully saturated rings. The second-order valence-corrected chi connectivity index (χ2v) is 5.11. The Kier molecular flexibility index (Phi) is 4.90. The van der Waals surface area contributed by atoms with Crippen LogP contribution >= 0.6 is 0 Å². The lowest BCUT2D eigenvalue weighted by atomic mass is 10.1. The van der Waals surface area contributed by atoms with Crippen molar-refractivity contribution < 1.29 is 4.74 Å². The fraction of sp³-hybridized carbons (Fsp3) is 0.692. The summed E-state index contributed by atoms with van der Waals surface area (Å²) in [5, 5.41) is 3.02. The molecular weight excluding hydrogens is 228 g/mol. The summed E-state index contributed by atoms with van der Waals surface area (Å²) >= 11 is 0. The molecule has 18 heavy (non-hydrogen) atoms. The Balaban J connectivity index is 2.78. The molecule has 0 amide bonds.